The highest BCUT2D eigenvalue weighted by Gasteiger charge is 2.38. The van der Waals surface area contributed by atoms with Gasteiger partial charge < -0.3 is 19.0 Å². The topological polar surface area (TPSA) is 63.0 Å². The minimum absolute atomic E-state index is 0.0648. The van der Waals surface area contributed by atoms with Crippen LogP contribution in [0.4, 0.5) is 5.69 Å². The lowest BCUT2D eigenvalue weighted by atomic mass is 9.76. The number of nitrogens with zero attached hydrogens (tertiary/aromatic N) is 2. The van der Waals surface area contributed by atoms with Crippen LogP contribution >= 0.6 is 0 Å². The zero-order valence-electron chi connectivity index (χ0n) is 18.4. The third-order valence-electron chi connectivity index (χ3n) is 6.10. The summed E-state index contributed by atoms with van der Waals surface area (Å²) in [5.74, 6) is 1.62. The fraction of sp³-hybridized carbons (Fsp3) is 0.500. The summed E-state index contributed by atoms with van der Waals surface area (Å²) in [5.41, 5.74) is 2.20. The van der Waals surface area contributed by atoms with Gasteiger partial charge in [0, 0.05) is 32.0 Å². The van der Waals surface area contributed by atoms with Gasteiger partial charge in [-0.05, 0) is 31.4 Å². The normalized spacial score (nSPS) is 19.7. The van der Waals surface area contributed by atoms with E-state index in [1.54, 1.807) is 11.9 Å². The number of carbonyl (C=O) groups excluding carboxylic acids is 2. The molecule has 0 saturated heterocycles. The van der Waals surface area contributed by atoms with E-state index in [0.29, 0.717) is 42.8 Å². The number of para-hydroxylation sites is 2. The molecule has 6 heteroatoms. The summed E-state index contributed by atoms with van der Waals surface area (Å²) in [6.45, 7) is 10.1. The highest BCUT2D eigenvalue weighted by Crippen LogP contribution is 2.39. The van der Waals surface area contributed by atoms with Crippen LogP contribution in [0.3, 0.4) is 0 Å². The fourth-order valence-corrected chi connectivity index (χ4v) is 4.62. The Morgan fingerprint density at radius 3 is 2.73 bits per heavy atom. The van der Waals surface area contributed by atoms with Crippen molar-refractivity contribution >= 4 is 17.4 Å². The van der Waals surface area contributed by atoms with E-state index in [4.69, 9.17) is 9.15 Å². The average Bonchev–Trinajstić information content (AvgIpc) is 3.01. The predicted molar refractivity (Wildman–Crippen MR) is 116 cm³/mol. The zero-order valence-corrected chi connectivity index (χ0v) is 18.4. The van der Waals surface area contributed by atoms with E-state index >= 15 is 0 Å². The standard InChI is InChI=1S/C24H30N2O4/c1-6-26-14-16(29-19-10-8-7-9-17(19)26)13-25(5)23(28)22-15(2)21-18(27)11-24(3,4)12-20(21)30-22/h7-10,16H,6,11-14H2,1-5H3. The van der Waals surface area contributed by atoms with Crippen molar-refractivity contribution in [1.29, 1.82) is 0 Å². The summed E-state index contributed by atoms with van der Waals surface area (Å²) in [6.07, 6.45) is 1.01. The molecule has 0 fully saturated rings. The second-order valence-corrected chi connectivity index (χ2v) is 9.23. The monoisotopic (exact) mass is 410 g/mol. The second kappa shape index (κ2) is 7.49. The molecule has 1 aromatic carbocycles. The van der Waals surface area contributed by atoms with Crippen LogP contribution in [0.2, 0.25) is 0 Å². The first kappa shape index (κ1) is 20.5. The van der Waals surface area contributed by atoms with E-state index in [1.165, 1.54) is 0 Å². The number of amides is 1. The van der Waals surface area contributed by atoms with Gasteiger partial charge in [-0.25, -0.2) is 0 Å². The molecule has 30 heavy (non-hydrogen) atoms. The number of furan rings is 1. The third-order valence-corrected chi connectivity index (χ3v) is 6.10. The van der Waals surface area contributed by atoms with Crippen molar-refractivity contribution in [2.75, 3.05) is 31.6 Å². The van der Waals surface area contributed by atoms with Gasteiger partial charge in [0.1, 0.15) is 17.6 Å². The Kier molecular flexibility index (Phi) is 5.12. The fourth-order valence-electron chi connectivity index (χ4n) is 4.62. The number of benzene rings is 1. The SMILES string of the molecule is CCN1CC(CN(C)C(=O)c2oc3c(c2C)C(=O)CC(C)(C)C3)Oc2ccccc21. The first-order chi connectivity index (χ1) is 14.2. The highest BCUT2D eigenvalue weighted by molar-refractivity contribution is 6.03. The molecule has 1 unspecified atom stereocenters. The molecule has 2 heterocycles. The van der Waals surface area contributed by atoms with E-state index in [1.807, 2.05) is 25.1 Å². The summed E-state index contributed by atoms with van der Waals surface area (Å²) in [4.78, 5) is 29.7. The molecule has 2 aliphatic rings. The molecule has 1 amide bonds. The molecule has 0 N–H and O–H groups in total. The molecule has 0 radical (unpaired) electrons. The van der Waals surface area contributed by atoms with Gasteiger partial charge in [-0.1, -0.05) is 26.0 Å². The van der Waals surface area contributed by atoms with Crippen molar-refractivity contribution in [3.63, 3.8) is 0 Å². The van der Waals surface area contributed by atoms with Crippen LogP contribution in [0.15, 0.2) is 28.7 Å². The molecule has 1 aromatic heterocycles. The number of hydrogen-bond acceptors (Lipinski definition) is 5. The van der Waals surface area contributed by atoms with Crippen LogP contribution in [0.1, 0.15) is 59.4 Å². The molecule has 6 nitrogen and oxygen atoms in total. The Bertz CT molecular complexity index is 991. The molecule has 2 aromatic rings. The van der Waals surface area contributed by atoms with Crippen molar-refractivity contribution in [2.24, 2.45) is 5.41 Å². The number of ether oxygens (including phenoxy) is 1. The van der Waals surface area contributed by atoms with Crippen LogP contribution in [-0.2, 0) is 6.42 Å². The largest absolute Gasteiger partial charge is 0.485 e. The van der Waals surface area contributed by atoms with Gasteiger partial charge in [0.25, 0.3) is 5.91 Å². The van der Waals surface area contributed by atoms with Gasteiger partial charge in [-0.15, -0.1) is 0 Å². The number of Topliss-reactive ketones (excluding diaryl/α,β-unsaturated/α-hetero) is 1. The second-order valence-electron chi connectivity index (χ2n) is 9.23. The van der Waals surface area contributed by atoms with Crippen LogP contribution in [0.5, 0.6) is 5.75 Å². The van der Waals surface area contributed by atoms with Crippen molar-refractivity contribution in [2.45, 2.75) is 46.6 Å². The minimum Gasteiger partial charge on any atom is -0.485 e. The van der Waals surface area contributed by atoms with Gasteiger partial charge in [-0.3, -0.25) is 9.59 Å². The molecule has 1 atom stereocenters. The summed E-state index contributed by atoms with van der Waals surface area (Å²) >= 11 is 0. The quantitative estimate of drug-likeness (QED) is 0.759. The van der Waals surface area contributed by atoms with Gasteiger partial charge >= 0.3 is 0 Å². The first-order valence-electron chi connectivity index (χ1n) is 10.6. The Balaban J connectivity index is 1.52. The minimum atomic E-state index is -0.210. The molecule has 0 spiro atoms. The summed E-state index contributed by atoms with van der Waals surface area (Å²) < 4.78 is 12.1. The summed E-state index contributed by atoms with van der Waals surface area (Å²) in [7, 11) is 1.76. The lowest BCUT2D eigenvalue weighted by Gasteiger charge is -2.37. The van der Waals surface area contributed by atoms with Crippen LogP contribution in [0.25, 0.3) is 0 Å². The summed E-state index contributed by atoms with van der Waals surface area (Å²) in [6, 6.07) is 7.98. The Morgan fingerprint density at radius 2 is 2.00 bits per heavy atom. The number of ketones is 1. The molecular formula is C24H30N2O4. The molecule has 0 saturated carbocycles. The van der Waals surface area contributed by atoms with Crippen LogP contribution in [0, 0.1) is 12.3 Å². The first-order valence-corrected chi connectivity index (χ1v) is 10.6. The Hall–Kier alpha value is -2.76. The Morgan fingerprint density at radius 1 is 1.27 bits per heavy atom. The van der Waals surface area contributed by atoms with Crippen molar-refractivity contribution in [3.8, 4) is 5.75 Å². The van der Waals surface area contributed by atoms with Gasteiger partial charge in [0.2, 0.25) is 0 Å². The van der Waals surface area contributed by atoms with Crippen LogP contribution < -0.4 is 9.64 Å². The molecule has 1 aliphatic carbocycles. The smallest absolute Gasteiger partial charge is 0.289 e. The molecule has 0 bridgehead atoms. The number of fused-ring (bicyclic) bond motifs is 2. The number of rotatable bonds is 4. The summed E-state index contributed by atoms with van der Waals surface area (Å²) in [5, 5.41) is 0. The number of anilines is 1. The van der Waals surface area contributed by atoms with E-state index in [9.17, 15) is 9.59 Å². The zero-order chi connectivity index (χ0) is 21.6. The van der Waals surface area contributed by atoms with Gasteiger partial charge in [-0.2, -0.15) is 0 Å². The van der Waals surface area contributed by atoms with Crippen molar-refractivity contribution in [3.05, 3.63) is 46.9 Å². The Labute approximate surface area is 177 Å². The number of likely N-dealkylation sites (N-methyl/N-ethyl adjacent to an activating group) is 2. The highest BCUT2D eigenvalue weighted by atomic mass is 16.5. The number of hydrogen-bond donors (Lipinski definition) is 0. The lowest BCUT2D eigenvalue weighted by Crippen LogP contribution is -2.46. The van der Waals surface area contributed by atoms with E-state index in [0.717, 1.165) is 18.0 Å². The van der Waals surface area contributed by atoms with E-state index in [2.05, 4.69) is 31.7 Å². The number of carbonyl (C=O) groups is 2. The lowest BCUT2D eigenvalue weighted by molar-refractivity contribution is 0.0674. The van der Waals surface area contributed by atoms with Gasteiger partial charge in [0.05, 0.1) is 24.3 Å². The van der Waals surface area contributed by atoms with Crippen molar-refractivity contribution in [1.82, 2.24) is 4.90 Å². The molecule has 1 aliphatic heterocycles. The van der Waals surface area contributed by atoms with E-state index in [-0.39, 0.29) is 29.0 Å². The molecular weight excluding hydrogens is 380 g/mol. The average molecular weight is 411 g/mol. The maximum absolute atomic E-state index is 13.2. The van der Waals surface area contributed by atoms with Crippen LogP contribution in [-0.4, -0.2) is 49.4 Å². The van der Waals surface area contributed by atoms with E-state index < -0.39 is 0 Å². The maximum Gasteiger partial charge on any atom is 0.289 e. The molecule has 160 valence electrons. The third kappa shape index (κ3) is 3.59. The van der Waals surface area contributed by atoms with Gasteiger partial charge in [0.15, 0.2) is 11.5 Å². The predicted octanol–water partition coefficient (Wildman–Crippen LogP) is 4.10. The molecule has 4 rings (SSSR count). The maximum atomic E-state index is 13.2. The van der Waals surface area contributed by atoms with Crippen molar-refractivity contribution < 1.29 is 18.7 Å².